The van der Waals surface area contributed by atoms with Crippen LogP contribution < -0.4 is 10.6 Å². The van der Waals surface area contributed by atoms with E-state index in [0.29, 0.717) is 5.92 Å². The van der Waals surface area contributed by atoms with Crippen LogP contribution in [0.1, 0.15) is 30.3 Å². The van der Waals surface area contributed by atoms with Gasteiger partial charge in [-0.1, -0.05) is 56.0 Å². The van der Waals surface area contributed by atoms with Crippen molar-refractivity contribution in [2.45, 2.75) is 30.8 Å². The monoisotopic (exact) mass is 381 g/mol. The standard InChI is InChI=1S/C16H17N5S.C5H10/c1-17-7-10-4-3-5-11(6-10)15-20-13-14-12(19-9-21(14)2)8-18-16(13)22-15;1-4-5(2)3/h3-6,8-9,15,17,20H,7H2,1-2H3;4-5H,1H2,2-3H3. The molecular weight excluding hydrogens is 354 g/mol. The first-order chi connectivity index (χ1) is 13.0. The molecule has 0 fully saturated rings. The molecule has 142 valence electrons. The molecular formula is C21H27N5S. The van der Waals surface area contributed by atoms with Gasteiger partial charge < -0.3 is 15.2 Å². The highest BCUT2D eigenvalue weighted by Gasteiger charge is 2.27. The van der Waals surface area contributed by atoms with Crippen molar-refractivity contribution in [3.8, 4) is 0 Å². The van der Waals surface area contributed by atoms with Crippen molar-refractivity contribution in [2.24, 2.45) is 13.0 Å². The molecule has 5 nitrogen and oxygen atoms in total. The third-order valence-electron chi connectivity index (χ3n) is 4.33. The lowest BCUT2D eigenvalue weighted by Crippen LogP contribution is -2.07. The number of hydrogen-bond donors (Lipinski definition) is 2. The maximum atomic E-state index is 4.55. The fraction of sp³-hybridized carbons (Fsp3) is 0.333. The molecule has 1 aromatic carbocycles. The summed E-state index contributed by atoms with van der Waals surface area (Å²) in [7, 11) is 3.98. The quantitative estimate of drug-likeness (QED) is 0.640. The average molecular weight is 382 g/mol. The minimum Gasteiger partial charge on any atom is -0.365 e. The van der Waals surface area contributed by atoms with Crippen molar-refractivity contribution < 1.29 is 0 Å². The molecule has 1 unspecified atom stereocenters. The van der Waals surface area contributed by atoms with E-state index in [0.717, 1.165) is 28.3 Å². The molecule has 0 bridgehead atoms. The second kappa shape index (κ2) is 8.59. The van der Waals surface area contributed by atoms with Crippen LogP contribution in [0.5, 0.6) is 0 Å². The zero-order valence-electron chi connectivity index (χ0n) is 16.4. The van der Waals surface area contributed by atoms with Crippen LogP contribution in [0.2, 0.25) is 0 Å². The van der Waals surface area contributed by atoms with Gasteiger partial charge >= 0.3 is 0 Å². The van der Waals surface area contributed by atoms with E-state index in [1.807, 2.05) is 37.3 Å². The van der Waals surface area contributed by atoms with Gasteiger partial charge in [0.1, 0.15) is 15.9 Å². The number of benzene rings is 1. The molecule has 0 amide bonds. The van der Waals surface area contributed by atoms with Gasteiger partial charge in [0.15, 0.2) is 0 Å². The summed E-state index contributed by atoms with van der Waals surface area (Å²) in [4.78, 5) is 8.92. The molecule has 27 heavy (non-hydrogen) atoms. The molecule has 6 heteroatoms. The van der Waals surface area contributed by atoms with Gasteiger partial charge in [-0.25, -0.2) is 9.97 Å². The Morgan fingerprint density at radius 2 is 2.15 bits per heavy atom. The fourth-order valence-corrected chi connectivity index (χ4v) is 3.92. The molecule has 3 heterocycles. The van der Waals surface area contributed by atoms with Gasteiger partial charge in [-0.3, -0.25) is 0 Å². The topological polar surface area (TPSA) is 54.8 Å². The Morgan fingerprint density at radius 3 is 2.85 bits per heavy atom. The summed E-state index contributed by atoms with van der Waals surface area (Å²) in [6.45, 7) is 8.65. The normalized spacial score (nSPS) is 15.2. The van der Waals surface area contributed by atoms with Crippen molar-refractivity contribution in [2.75, 3.05) is 12.4 Å². The molecule has 0 saturated carbocycles. The Balaban J connectivity index is 0.000000376. The van der Waals surface area contributed by atoms with Crippen LogP contribution in [0.3, 0.4) is 0 Å². The van der Waals surface area contributed by atoms with Gasteiger partial charge in [-0.05, 0) is 24.1 Å². The van der Waals surface area contributed by atoms with E-state index in [2.05, 4.69) is 65.3 Å². The number of aryl methyl sites for hydroxylation is 1. The number of aromatic nitrogens is 3. The third kappa shape index (κ3) is 4.34. The number of nitrogens with one attached hydrogen (secondary N) is 2. The number of thioether (sulfide) groups is 1. The number of hydrogen-bond acceptors (Lipinski definition) is 5. The summed E-state index contributed by atoms with van der Waals surface area (Å²) in [5, 5.41) is 8.04. The summed E-state index contributed by atoms with van der Waals surface area (Å²) in [6, 6.07) is 8.66. The highest BCUT2D eigenvalue weighted by atomic mass is 32.2. The van der Waals surface area contributed by atoms with Crippen LogP contribution in [0.4, 0.5) is 5.69 Å². The first-order valence-corrected chi connectivity index (χ1v) is 10.0. The van der Waals surface area contributed by atoms with E-state index in [1.165, 1.54) is 11.1 Å². The smallest absolute Gasteiger partial charge is 0.124 e. The highest BCUT2D eigenvalue weighted by Crippen LogP contribution is 2.47. The predicted octanol–water partition coefficient (Wildman–Crippen LogP) is 4.73. The van der Waals surface area contributed by atoms with Gasteiger partial charge in [-0.2, -0.15) is 0 Å². The van der Waals surface area contributed by atoms with Crippen LogP contribution in [-0.2, 0) is 13.6 Å². The van der Waals surface area contributed by atoms with E-state index >= 15 is 0 Å². The summed E-state index contributed by atoms with van der Waals surface area (Å²) in [5.74, 6) is 0.648. The van der Waals surface area contributed by atoms with E-state index in [4.69, 9.17) is 0 Å². The molecule has 3 aromatic rings. The Bertz CT molecular complexity index is 931. The molecule has 2 aromatic heterocycles. The lowest BCUT2D eigenvalue weighted by Gasteiger charge is -2.12. The fourth-order valence-electron chi connectivity index (χ4n) is 2.85. The minimum atomic E-state index is 0.194. The lowest BCUT2D eigenvalue weighted by atomic mass is 10.1. The van der Waals surface area contributed by atoms with Crippen LogP contribution >= 0.6 is 11.8 Å². The Hall–Kier alpha value is -2.31. The number of imidazole rings is 1. The summed E-state index contributed by atoms with van der Waals surface area (Å²) in [5.41, 5.74) is 5.69. The largest absolute Gasteiger partial charge is 0.365 e. The first-order valence-electron chi connectivity index (χ1n) is 9.12. The molecule has 1 aliphatic rings. The zero-order valence-corrected chi connectivity index (χ0v) is 17.2. The SMILES string of the molecule is C=CC(C)C.CNCc1cccc(C2Nc3c(ncc4ncn(C)c34)S2)c1. The molecule has 0 radical (unpaired) electrons. The van der Waals surface area contributed by atoms with Crippen LogP contribution in [0.15, 0.2) is 54.5 Å². The zero-order chi connectivity index (χ0) is 19.4. The van der Waals surface area contributed by atoms with Crippen molar-refractivity contribution in [3.63, 3.8) is 0 Å². The molecule has 0 saturated heterocycles. The van der Waals surface area contributed by atoms with Crippen LogP contribution in [0.25, 0.3) is 11.0 Å². The Morgan fingerprint density at radius 1 is 1.37 bits per heavy atom. The predicted molar refractivity (Wildman–Crippen MR) is 115 cm³/mol. The number of nitrogens with zero attached hydrogens (tertiary/aromatic N) is 3. The summed E-state index contributed by atoms with van der Waals surface area (Å²) >= 11 is 1.76. The van der Waals surface area contributed by atoms with Gasteiger partial charge in [-0.15, -0.1) is 6.58 Å². The number of anilines is 1. The van der Waals surface area contributed by atoms with Gasteiger partial charge in [0.05, 0.1) is 23.7 Å². The van der Waals surface area contributed by atoms with Crippen LogP contribution in [0, 0.1) is 5.92 Å². The number of fused-ring (bicyclic) bond motifs is 3. The first kappa shape index (κ1) is 19.5. The molecule has 4 rings (SSSR count). The van der Waals surface area contributed by atoms with Gasteiger partial charge in [0, 0.05) is 13.6 Å². The van der Waals surface area contributed by atoms with Crippen molar-refractivity contribution in [3.05, 3.63) is 60.6 Å². The van der Waals surface area contributed by atoms with Crippen molar-refractivity contribution >= 4 is 28.5 Å². The maximum absolute atomic E-state index is 4.55. The van der Waals surface area contributed by atoms with E-state index in [-0.39, 0.29) is 5.37 Å². The Kier molecular flexibility index (Phi) is 6.19. The van der Waals surface area contributed by atoms with E-state index in [9.17, 15) is 0 Å². The van der Waals surface area contributed by atoms with E-state index in [1.54, 1.807) is 11.8 Å². The lowest BCUT2D eigenvalue weighted by molar-refractivity contribution is 0.816. The van der Waals surface area contributed by atoms with E-state index < -0.39 is 0 Å². The number of rotatable bonds is 4. The summed E-state index contributed by atoms with van der Waals surface area (Å²) in [6.07, 6.45) is 5.60. The molecule has 0 aliphatic carbocycles. The van der Waals surface area contributed by atoms with Gasteiger partial charge in [0.2, 0.25) is 0 Å². The highest BCUT2D eigenvalue weighted by molar-refractivity contribution is 8.00. The number of allylic oxidation sites excluding steroid dienone is 1. The molecule has 2 N–H and O–H groups in total. The number of pyridine rings is 1. The average Bonchev–Trinajstić information content (AvgIpc) is 3.26. The molecule has 1 atom stereocenters. The van der Waals surface area contributed by atoms with Crippen molar-refractivity contribution in [1.82, 2.24) is 19.9 Å². The molecule has 0 spiro atoms. The molecule has 1 aliphatic heterocycles. The maximum Gasteiger partial charge on any atom is 0.124 e. The minimum absolute atomic E-state index is 0.194. The van der Waals surface area contributed by atoms with Gasteiger partial charge in [0.25, 0.3) is 0 Å². The second-order valence-corrected chi connectivity index (χ2v) is 8.02. The van der Waals surface area contributed by atoms with Crippen LogP contribution in [-0.4, -0.2) is 21.6 Å². The Labute approximate surface area is 165 Å². The van der Waals surface area contributed by atoms with Crippen molar-refractivity contribution in [1.29, 1.82) is 0 Å². The third-order valence-corrected chi connectivity index (χ3v) is 5.49. The summed E-state index contributed by atoms with van der Waals surface area (Å²) < 4.78 is 2.04. The second-order valence-electron chi connectivity index (χ2n) is 6.92.